The minimum atomic E-state index is -3.96. The van der Waals surface area contributed by atoms with E-state index in [4.69, 9.17) is 4.74 Å². The number of pyridine rings is 1. The monoisotopic (exact) mass is 472 g/mol. The standard InChI is InChI=1S/C22H21FN4O5S/c1-22(21(29)26-33(30,31)13-14-2-4-16(23)5-3-14)6-8-27(9-7-22)19-15(11-24)10-17-18(25-19)12-32-20(17)28/h2-5,10H,6-9,12-13H2,1H3,(H,26,29). The van der Waals surface area contributed by atoms with Crippen LogP contribution in [0.15, 0.2) is 30.3 Å². The molecule has 33 heavy (non-hydrogen) atoms. The first kappa shape index (κ1) is 22.7. The third kappa shape index (κ3) is 4.66. The Morgan fingerprint density at radius 3 is 2.61 bits per heavy atom. The molecule has 3 heterocycles. The van der Waals surface area contributed by atoms with E-state index in [0.29, 0.717) is 43.0 Å². The predicted octanol–water partition coefficient (Wildman–Crippen LogP) is 2.02. The maximum atomic E-state index is 13.0. The minimum absolute atomic E-state index is 0.0484. The molecule has 0 spiro atoms. The summed E-state index contributed by atoms with van der Waals surface area (Å²) in [6, 6.07) is 8.55. The average molecular weight is 472 g/mol. The topological polar surface area (TPSA) is 129 Å². The SMILES string of the molecule is CC1(C(=O)NS(=O)(=O)Cc2ccc(F)cc2)CCN(c2nc3c(cc2C#N)C(=O)OC3)CC1. The van der Waals surface area contributed by atoms with Crippen molar-refractivity contribution in [2.45, 2.75) is 32.1 Å². The Hall–Kier alpha value is -3.52. The van der Waals surface area contributed by atoms with Gasteiger partial charge in [-0.2, -0.15) is 5.26 Å². The van der Waals surface area contributed by atoms with Crippen LogP contribution in [0.3, 0.4) is 0 Å². The number of nitriles is 1. The van der Waals surface area contributed by atoms with E-state index in [-0.39, 0.29) is 17.7 Å². The largest absolute Gasteiger partial charge is 0.455 e. The molecule has 4 rings (SSSR count). The minimum Gasteiger partial charge on any atom is -0.455 e. The molecule has 1 aromatic carbocycles. The van der Waals surface area contributed by atoms with Crippen LogP contribution >= 0.6 is 0 Å². The van der Waals surface area contributed by atoms with Gasteiger partial charge in [0.15, 0.2) is 0 Å². The van der Waals surface area contributed by atoms with Crippen molar-refractivity contribution in [3.05, 3.63) is 58.5 Å². The van der Waals surface area contributed by atoms with Gasteiger partial charge in [0.2, 0.25) is 15.9 Å². The Morgan fingerprint density at radius 1 is 1.30 bits per heavy atom. The van der Waals surface area contributed by atoms with Crippen molar-refractivity contribution in [1.82, 2.24) is 9.71 Å². The van der Waals surface area contributed by atoms with Crippen LogP contribution in [0.1, 0.15) is 46.9 Å². The Morgan fingerprint density at radius 2 is 1.97 bits per heavy atom. The number of rotatable bonds is 5. The van der Waals surface area contributed by atoms with Crippen molar-refractivity contribution in [2.75, 3.05) is 18.0 Å². The number of nitrogens with zero attached hydrogens (tertiary/aromatic N) is 3. The molecule has 2 aromatic rings. The summed E-state index contributed by atoms with van der Waals surface area (Å²) in [6.07, 6.45) is 0.675. The molecule has 0 saturated carbocycles. The van der Waals surface area contributed by atoms with Crippen molar-refractivity contribution in [1.29, 1.82) is 5.26 Å². The van der Waals surface area contributed by atoms with Crippen molar-refractivity contribution >= 4 is 27.7 Å². The van der Waals surface area contributed by atoms with Gasteiger partial charge in [0.05, 0.1) is 28.0 Å². The Bertz CT molecular complexity index is 1260. The van der Waals surface area contributed by atoms with Crippen LogP contribution in [0, 0.1) is 22.6 Å². The van der Waals surface area contributed by atoms with Crippen LogP contribution < -0.4 is 9.62 Å². The number of carbonyl (C=O) groups is 2. The summed E-state index contributed by atoms with van der Waals surface area (Å²) in [4.78, 5) is 30.9. The molecule has 1 fully saturated rings. The lowest BCUT2D eigenvalue weighted by Gasteiger charge is -2.38. The van der Waals surface area contributed by atoms with E-state index in [1.54, 1.807) is 6.92 Å². The van der Waals surface area contributed by atoms with Crippen molar-refractivity contribution < 1.29 is 27.1 Å². The maximum absolute atomic E-state index is 13.0. The first-order valence-electron chi connectivity index (χ1n) is 10.3. The summed E-state index contributed by atoms with van der Waals surface area (Å²) in [7, 11) is -3.96. The van der Waals surface area contributed by atoms with Gasteiger partial charge in [-0.05, 0) is 36.6 Å². The Balaban J connectivity index is 1.43. The van der Waals surface area contributed by atoms with Gasteiger partial charge in [-0.25, -0.2) is 22.6 Å². The number of anilines is 1. The number of nitrogens with one attached hydrogen (secondary N) is 1. The van der Waals surface area contributed by atoms with Gasteiger partial charge < -0.3 is 9.64 Å². The predicted molar refractivity (Wildman–Crippen MR) is 115 cm³/mol. The van der Waals surface area contributed by atoms with E-state index in [0.717, 1.165) is 12.1 Å². The number of halogens is 1. The fraction of sp³-hybridized carbons (Fsp3) is 0.364. The van der Waals surface area contributed by atoms with Gasteiger partial charge in [0.1, 0.15) is 24.3 Å². The van der Waals surface area contributed by atoms with Crippen LogP contribution in [0.5, 0.6) is 0 Å². The third-order valence-corrected chi connectivity index (χ3v) is 7.20. The van der Waals surface area contributed by atoms with E-state index < -0.39 is 38.9 Å². The molecule has 0 atom stereocenters. The number of esters is 1. The van der Waals surface area contributed by atoms with E-state index >= 15 is 0 Å². The van der Waals surface area contributed by atoms with Gasteiger partial charge in [0, 0.05) is 13.1 Å². The first-order chi connectivity index (χ1) is 15.6. The van der Waals surface area contributed by atoms with Crippen molar-refractivity contribution in [3.8, 4) is 6.07 Å². The lowest BCUT2D eigenvalue weighted by molar-refractivity contribution is -0.129. The number of cyclic esters (lactones) is 1. The van der Waals surface area contributed by atoms with Gasteiger partial charge in [-0.1, -0.05) is 19.1 Å². The van der Waals surface area contributed by atoms with Gasteiger partial charge in [-0.15, -0.1) is 0 Å². The second kappa shape index (κ2) is 8.44. The lowest BCUT2D eigenvalue weighted by atomic mass is 9.79. The molecule has 2 aliphatic rings. The van der Waals surface area contributed by atoms with Crippen LogP contribution in [0.25, 0.3) is 0 Å². The zero-order valence-electron chi connectivity index (χ0n) is 17.8. The molecule has 1 aromatic heterocycles. The quantitative estimate of drug-likeness (QED) is 0.655. The van der Waals surface area contributed by atoms with Crippen molar-refractivity contribution in [2.24, 2.45) is 5.41 Å². The number of hydrogen-bond donors (Lipinski definition) is 1. The molecule has 0 bridgehead atoms. The summed E-state index contributed by atoms with van der Waals surface area (Å²) in [5.41, 5.74) is 0.415. The van der Waals surface area contributed by atoms with Gasteiger partial charge in [-0.3, -0.25) is 9.52 Å². The molecule has 1 N–H and O–H groups in total. The number of sulfonamides is 1. The number of piperidine rings is 1. The molecule has 11 heteroatoms. The number of aromatic nitrogens is 1. The highest BCUT2D eigenvalue weighted by molar-refractivity contribution is 7.89. The van der Waals surface area contributed by atoms with E-state index in [2.05, 4.69) is 15.8 Å². The van der Waals surface area contributed by atoms with E-state index in [1.165, 1.54) is 18.2 Å². The maximum Gasteiger partial charge on any atom is 0.340 e. The molecule has 1 saturated heterocycles. The number of fused-ring (bicyclic) bond motifs is 1. The zero-order chi connectivity index (χ0) is 23.8. The second-order valence-electron chi connectivity index (χ2n) is 8.41. The molecule has 9 nitrogen and oxygen atoms in total. The fourth-order valence-electron chi connectivity index (χ4n) is 3.90. The van der Waals surface area contributed by atoms with Crippen LogP contribution in [-0.2, 0) is 31.9 Å². The van der Waals surface area contributed by atoms with Gasteiger partial charge in [0.25, 0.3) is 0 Å². The number of hydrogen-bond acceptors (Lipinski definition) is 8. The summed E-state index contributed by atoms with van der Waals surface area (Å²) in [6.45, 7) is 2.49. The Kier molecular flexibility index (Phi) is 5.80. The van der Waals surface area contributed by atoms with Gasteiger partial charge >= 0.3 is 5.97 Å². The van der Waals surface area contributed by atoms with Crippen LogP contribution in [0.2, 0.25) is 0 Å². The highest BCUT2D eigenvalue weighted by Gasteiger charge is 2.39. The summed E-state index contributed by atoms with van der Waals surface area (Å²) < 4.78 is 45.1. The summed E-state index contributed by atoms with van der Waals surface area (Å²) in [5.74, 6) is -1.61. The number of carbonyl (C=O) groups excluding carboxylic acids is 2. The lowest BCUT2D eigenvalue weighted by Crippen LogP contribution is -2.49. The third-order valence-electron chi connectivity index (χ3n) is 5.99. The smallest absolute Gasteiger partial charge is 0.340 e. The molecule has 2 aliphatic heterocycles. The molecule has 1 amide bonds. The second-order valence-corrected chi connectivity index (χ2v) is 10.1. The van der Waals surface area contributed by atoms with Crippen LogP contribution in [0.4, 0.5) is 10.2 Å². The van der Waals surface area contributed by atoms with Crippen molar-refractivity contribution in [3.63, 3.8) is 0 Å². The summed E-state index contributed by atoms with van der Waals surface area (Å²) >= 11 is 0. The fourth-order valence-corrected chi connectivity index (χ4v) is 5.13. The number of amides is 1. The normalized spacial score (nSPS) is 17.1. The van der Waals surface area contributed by atoms with E-state index in [9.17, 15) is 27.7 Å². The first-order valence-corrected chi connectivity index (χ1v) is 11.9. The molecular weight excluding hydrogens is 451 g/mol. The average Bonchev–Trinajstić information content (AvgIpc) is 3.14. The highest BCUT2D eigenvalue weighted by atomic mass is 32.2. The molecular formula is C22H21FN4O5S. The summed E-state index contributed by atoms with van der Waals surface area (Å²) in [5, 5.41) is 9.50. The molecule has 172 valence electrons. The molecule has 0 unspecified atom stereocenters. The van der Waals surface area contributed by atoms with Crippen LogP contribution in [-0.4, -0.2) is 38.4 Å². The molecule has 0 aliphatic carbocycles. The molecule has 0 radical (unpaired) electrons. The van der Waals surface area contributed by atoms with E-state index in [1.807, 2.05) is 4.90 Å². The number of benzene rings is 1. The number of ether oxygens (including phenoxy) is 1. The zero-order valence-corrected chi connectivity index (χ0v) is 18.6. The Labute approximate surface area is 190 Å². The highest BCUT2D eigenvalue weighted by Crippen LogP contribution is 2.35.